The summed E-state index contributed by atoms with van der Waals surface area (Å²) in [6.45, 7) is 1.81. The molecule has 0 radical (unpaired) electrons. The molecule has 0 saturated carbocycles. The summed E-state index contributed by atoms with van der Waals surface area (Å²) in [7, 11) is 1.89. The Morgan fingerprint density at radius 3 is 3.00 bits per heavy atom. The van der Waals surface area contributed by atoms with E-state index >= 15 is 0 Å². The molecule has 0 unspecified atom stereocenters. The maximum Gasteiger partial charge on any atom is 0.370 e. The van der Waals surface area contributed by atoms with Gasteiger partial charge in [-0.25, -0.2) is 4.57 Å². The minimum absolute atomic E-state index is 0.624. The van der Waals surface area contributed by atoms with E-state index in [-0.39, 0.29) is 0 Å². The van der Waals surface area contributed by atoms with Gasteiger partial charge in [-0.15, -0.1) is 0 Å². The van der Waals surface area contributed by atoms with Gasteiger partial charge < -0.3 is 4.42 Å². The molecule has 4 heteroatoms. The van der Waals surface area contributed by atoms with Gasteiger partial charge in [0.15, 0.2) is 6.29 Å². The topological polar surface area (TPSA) is 47.0 Å². The Hall–Kier alpha value is -2.23. The van der Waals surface area contributed by atoms with Crippen molar-refractivity contribution in [2.45, 2.75) is 6.92 Å². The maximum absolute atomic E-state index is 11.1. The van der Waals surface area contributed by atoms with Crippen LogP contribution in [0, 0.1) is 6.92 Å². The van der Waals surface area contributed by atoms with Crippen LogP contribution >= 0.6 is 0 Å². The van der Waals surface area contributed by atoms with Gasteiger partial charge in [0.1, 0.15) is 5.52 Å². The van der Waals surface area contributed by atoms with Crippen molar-refractivity contribution in [2.75, 3.05) is 0 Å². The molecule has 2 aromatic heterocycles. The number of benzene rings is 1. The van der Waals surface area contributed by atoms with Crippen LogP contribution in [0.5, 0.6) is 0 Å². The lowest BCUT2D eigenvalue weighted by atomic mass is 10.1. The average Bonchev–Trinajstić information content (AvgIpc) is 2.69. The molecule has 0 bridgehead atoms. The Morgan fingerprint density at radius 2 is 2.24 bits per heavy atom. The van der Waals surface area contributed by atoms with Gasteiger partial charge in [0, 0.05) is 18.4 Å². The predicted molar refractivity (Wildman–Crippen MR) is 62.8 cm³/mol. The molecule has 0 fully saturated rings. The van der Waals surface area contributed by atoms with Gasteiger partial charge in [-0.1, -0.05) is 12.1 Å². The number of carbonyl (C=O) groups excluding carboxylic acids is 1. The molecular weight excluding hydrogens is 216 g/mol. The molecule has 0 aliphatic rings. The lowest BCUT2D eigenvalue weighted by molar-refractivity contribution is -0.619. The van der Waals surface area contributed by atoms with Crippen LogP contribution in [0.4, 0.5) is 0 Å². The number of pyridine rings is 1. The number of carbonyl (C=O) groups is 1. The second kappa shape index (κ2) is 3.38. The monoisotopic (exact) mass is 227 g/mol. The molecule has 0 spiro atoms. The summed E-state index contributed by atoms with van der Waals surface area (Å²) in [5, 5.41) is 0.973. The van der Waals surface area contributed by atoms with Crippen molar-refractivity contribution in [2.24, 2.45) is 7.05 Å². The van der Waals surface area contributed by atoms with E-state index in [0.717, 1.165) is 28.4 Å². The van der Waals surface area contributed by atoms with Crippen LogP contribution in [0.1, 0.15) is 16.2 Å². The van der Waals surface area contributed by atoms with Crippen LogP contribution in [-0.2, 0) is 7.05 Å². The third-order valence-corrected chi connectivity index (χ3v) is 2.91. The normalized spacial score (nSPS) is 11.2. The standard InChI is InChI=1S/C13H11N2O2/c1-8-14-13-11(17-8)6-9-4-3-5-10(7-16)12(9)15(13)2/h3-7H,1-2H3/q+1. The Morgan fingerprint density at radius 1 is 1.41 bits per heavy atom. The smallest absolute Gasteiger partial charge is 0.370 e. The Bertz CT molecular complexity index is 744. The summed E-state index contributed by atoms with van der Waals surface area (Å²) in [6.07, 6.45) is 0.862. The Labute approximate surface area is 97.5 Å². The molecule has 0 N–H and O–H groups in total. The van der Waals surface area contributed by atoms with E-state index in [9.17, 15) is 4.79 Å². The molecule has 2 heterocycles. The highest BCUT2D eigenvalue weighted by Crippen LogP contribution is 2.20. The van der Waals surface area contributed by atoms with Gasteiger partial charge in [0.25, 0.3) is 0 Å². The van der Waals surface area contributed by atoms with Gasteiger partial charge in [-0.3, -0.25) is 4.79 Å². The van der Waals surface area contributed by atoms with Gasteiger partial charge >= 0.3 is 11.5 Å². The summed E-state index contributed by atoms with van der Waals surface area (Å²) in [5.41, 5.74) is 3.03. The number of hydrogen-bond acceptors (Lipinski definition) is 3. The van der Waals surface area contributed by atoms with E-state index < -0.39 is 0 Å². The van der Waals surface area contributed by atoms with Crippen LogP contribution in [0.25, 0.3) is 22.1 Å². The molecule has 0 aliphatic carbocycles. The molecule has 0 atom stereocenters. The highest BCUT2D eigenvalue weighted by atomic mass is 16.3. The molecular formula is C13H11N2O2+. The van der Waals surface area contributed by atoms with Crippen molar-refractivity contribution in [3.05, 3.63) is 35.7 Å². The first-order valence-electron chi connectivity index (χ1n) is 5.35. The summed E-state index contributed by atoms with van der Waals surface area (Å²) in [5.74, 6) is 0.624. The lowest BCUT2D eigenvalue weighted by Gasteiger charge is -2.01. The number of aryl methyl sites for hydroxylation is 2. The molecule has 1 aromatic carbocycles. The molecule has 4 nitrogen and oxygen atoms in total. The van der Waals surface area contributed by atoms with Crippen molar-refractivity contribution < 1.29 is 13.8 Å². The number of aldehydes is 1. The van der Waals surface area contributed by atoms with Crippen LogP contribution < -0.4 is 4.57 Å². The van der Waals surface area contributed by atoms with E-state index in [1.807, 2.05) is 36.7 Å². The van der Waals surface area contributed by atoms with E-state index in [4.69, 9.17) is 4.42 Å². The Balaban J connectivity index is 2.58. The second-order valence-electron chi connectivity index (χ2n) is 4.03. The SMILES string of the molecule is Cc1nc2c(cc3cccc(C=O)c3[n+]2C)o1. The first-order valence-corrected chi connectivity index (χ1v) is 5.35. The minimum Gasteiger partial charge on any atom is -0.415 e. The summed E-state index contributed by atoms with van der Waals surface area (Å²) in [6, 6.07) is 7.53. The van der Waals surface area contributed by atoms with Gasteiger partial charge in [-0.2, -0.15) is 0 Å². The predicted octanol–water partition coefficient (Wildman–Crippen LogP) is 1.93. The fourth-order valence-electron chi connectivity index (χ4n) is 2.19. The molecule has 3 aromatic rings. The van der Waals surface area contributed by atoms with Crippen molar-refractivity contribution >= 4 is 28.4 Å². The van der Waals surface area contributed by atoms with Crippen molar-refractivity contribution in [3.8, 4) is 0 Å². The zero-order chi connectivity index (χ0) is 12.0. The number of fused-ring (bicyclic) bond motifs is 2. The first kappa shape index (κ1) is 9.96. The van der Waals surface area contributed by atoms with Crippen LogP contribution in [-0.4, -0.2) is 11.3 Å². The van der Waals surface area contributed by atoms with E-state index in [1.54, 1.807) is 6.07 Å². The molecule has 17 heavy (non-hydrogen) atoms. The van der Waals surface area contributed by atoms with E-state index in [2.05, 4.69) is 4.98 Å². The van der Waals surface area contributed by atoms with Crippen molar-refractivity contribution in [1.82, 2.24) is 4.98 Å². The summed E-state index contributed by atoms with van der Waals surface area (Å²) < 4.78 is 7.40. The second-order valence-corrected chi connectivity index (χ2v) is 4.03. The average molecular weight is 227 g/mol. The number of aromatic nitrogens is 2. The fraction of sp³-hybridized carbons (Fsp3) is 0.154. The number of oxazole rings is 1. The molecule has 3 rings (SSSR count). The molecule has 0 saturated heterocycles. The summed E-state index contributed by atoms with van der Waals surface area (Å²) in [4.78, 5) is 15.4. The minimum atomic E-state index is 0.624. The maximum atomic E-state index is 11.1. The zero-order valence-corrected chi connectivity index (χ0v) is 9.60. The molecule has 0 amide bonds. The van der Waals surface area contributed by atoms with Crippen LogP contribution in [0.3, 0.4) is 0 Å². The fourth-order valence-corrected chi connectivity index (χ4v) is 2.19. The first-order chi connectivity index (χ1) is 8.20. The zero-order valence-electron chi connectivity index (χ0n) is 9.60. The van der Waals surface area contributed by atoms with Crippen LogP contribution in [0.2, 0.25) is 0 Å². The van der Waals surface area contributed by atoms with E-state index in [1.165, 1.54) is 0 Å². The van der Waals surface area contributed by atoms with Crippen molar-refractivity contribution in [3.63, 3.8) is 0 Å². The Kier molecular flexibility index (Phi) is 1.98. The summed E-state index contributed by atoms with van der Waals surface area (Å²) >= 11 is 0. The van der Waals surface area contributed by atoms with Crippen molar-refractivity contribution in [1.29, 1.82) is 0 Å². The highest BCUT2D eigenvalue weighted by molar-refractivity contribution is 5.96. The molecule has 84 valence electrons. The quantitative estimate of drug-likeness (QED) is 0.471. The third-order valence-electron chi connectivity index (χ3n) is 2.91. The largest absolute Gasteiger partial charge is 0.415 e. The van der Waals surface area contributed by atoms with E-state index in [0.29, 0.717) is 11.5 Å². The van der Waals surface area contributed by atoms with Crippen LogP contribution in [0.15, 0.2) is 28.7 Å². The number of nitrogens with zero attached hydrogens (tertiary/aromatic N) is 2. The van der Waals surface area contributed by atoms with Gasteiger partial charge in [0.05, 0.1) is 12.6 Å². The lowest BCUT2D eigenvalue weighted by Crippen LogP contribution is -2.31. The highest BCUT2D eigenvalue weighted by Gasteiger charge is 2.18. The number of rotatable bonds is 1. The van der Waals surface area contributed by atoms with Gasteiger partial charge in [0.2, 0.25) is 5.58 Å². The molecule has 0 aliphatic heterocycles. The van der Waals surface area contributed by atoms with Gasteiger partial charge in [-0.05, 0) is 11.1 Å². The number of para-hydroxylation sites is 1. The third kappa shape index (κ3) is 1.34. The number of hydrogen-bond donors (Lipinski definition) is 0.